The van der Waals surface area contributed by atoms with Gasteiger partial charge in [0.2, 0.25) is 0 Å². The van der Waals surface area contributed by atoms with Crippen LogP contribution in [0.15, 0.2) is 12.4 Å². The van der Waals surface area contributed by atoms with Crippen LogP contribution in [-0.2, 0) is 13.0 Å². The van der Waals surface area contributed by atoms with E-state index in [9.17, 15) is 0 Å². The molecule has 3 heteroatoms. The van der Waals surface area contributed by atoms with Gasteiger partial charge in [-0.05, 0) is 37.8 Å². The monoisotopic (exact) mass is 209 g/mol. The maximum atomic E-state index is 4.31. The summed E-state index contributed by atoms with van der Waals surface area (Å²) in [5, 5.41) is 7.58. The molecule has 0 spiro atoms. The van der Waals surface area contributed by atoms with Crippen LogP contribution in [0.4, 0.5) is 0 Å². The van der Waals surface area contributed by atoms with E-state index in [2.05, 4.69) is 37.4 Å². The molecule has 86 valence electrons. The third-order valence-corrected chi connectivity index (χ3v) is 3.10. The van der Waals surface area contributed by atoms with Gasteiger partial charge in [-0.25, -0.2) is 0 Å². The molecule has 1 N–H and O–H groups in total. The Labute approximate surface area is 92.9 Å². The summed E-state index contributed by atoms with van der Waals surface area (Å²) in [4.78, 5) is 0. The predicted octanol–water partition coefficient (Wildman–Crippen LogP) is 2.08. The van der Waals surface area contributed by atoms with Crippen LogP contribution in [0.3, 0.4) is 0 Å². The molecule has 0 aliphatic rings. The van der Waals surface area contributed by atoms with Gasteiger partial charge in [0, 0.05) is 19.3 Å². The highest BCUT2D eigenvalue weighted by Crippen LogP contribution is 2.25. The van der Waals surface area contributed by atoms with Crippen molar-refractivity contribution in [3.8, 4) is 0 Å². The van der Waals surface area contributed by atoms with Crippen LogP contribution >= 0.6 is 0 Å². The van der Waals surface area contributed by atoms with Crippen molar-refractivity contribution in [2.24, 2.45) is 5.41 Å². The zero-order chi connectivity index (χ0) is 11.3. The first-order valence-electron chi connectivity index (χ1n) is 5.79. The number of hydrogen-bond acceptors (Lipinski definition) is 2. The Kier molecular flexibility index (Phi) is 4.33. The second kappa shape index (κ2) is 5.31. The van der Waals surface area contributed by atoms with E-state index in [1.165, 1.54) is 12.0 Å². The third-order valence-electron chi connectivity index (χ3n) is 3.10. The number of rotatable bonds is 6. The Hall–Kier alpha value is -0.830. The standard InChI is InChI=1S/C12H23N3/c1-5-12(3,10-13-4)7-11-8-14-15(6-2)9-11/h8-9,13H,5-7,10H2,1-4H3. The highest BCUT2D eigenvalue weighted by atomic mass is 15.3. The van der Waals surface area contributed by atoms with Crippen LogP contribution in [0.2, 0.25) is 0 Å². The third kappa shape index (κ3) is 3.34. The highest BCUT2D eigenvalue weighted by Gasteiger charge is 2.22. The molecule has 0 bridgehead atoms. The number of nitrogens with one attached hydrogen (secondary N) is 1. The van der Waals surface area contributed by atoms with Crippen molar-refractivity contribution < 1.29 is 0 Å². The van der Waals surface area contributed by atoms with E-state index < -0.39 is 0 Å². The van der Waals surface area contributed by atoms with Crippen LogP contribution < -0.4 is 5.32 Å². The molecule has 1 aromatic heterocycles. The average Bonchev–Trinajstić information content (AvgIpc) is 2.66. The zero-order valence-electron chi connectivity index (χ0n) is 10.4. The largest absolute Gasteiger partial charge is 0.319 e. The van der Waals surface area contributed by atoms with Crippen LogP contribution in [0.1, 0.15) is 32.8 Å². The van der Waals surface area contributed by atoms with E-state index in [1.807, 2.05) is 17.9 Å². The minimum atomic E-state index is 0.344. The first-order chi connectivity index (χ1) is 7.13. The van der Waals surface area contributed by atoms with Gasteiger partial charge in [0.1, 0.15) is 0 Å². The SMILES string of the molecule is CCn1cc(CC(C)(CC)CNC)cn1. The van der Waals surface area contributed by atoms with Crippen molar-refractivity contribution in [3.63, 3.8) is 0 Å². The van der Waals surface area contributed by atoms with Gasteiger partial charge in [0.05, 0.1) is 6.20 Å². The quantitative estimate of drug-likeness (QED) is 0.777. The molecule has 1 aromatic rings. The van der Waals surface area contributed by atoms with E-state index >= 15 is 0 Å². The molecule has 0 radical (unpaired) electrons. The van der Waals surface area contributed by atoms with Crippen molar-refractivity contribution in [1.29, 1.82) is 0 Å². The lowest BCUT2D eigenvalue weighted by molar-refractivity contribution is 0.299. The van der Waals surface area contributed by atoms with Gasteiger partial charge >= 0.3 is 0 Å². The molecule has 1 heterocycles. The lowest BCUT2D eigenvalue weighted by atomic mass is 9.82. The molecular weight excluding hydrogens is 186 g/mol. The van der Waals surface area contributed by atoms with Crippen molar-refractivity contribution in [2.75, 3.05) is 13.6 Å². The molecule has 0 aromatic carbocycles. The van der Waals surface area contributed by atoms with Gasteiger partial charge in [-0.2, -0.15) is 5.10 Å². The van der Waals surface area contributed by atoms with Crippen molar-refractivity contribution >= 4 is 0 Å². The van der Waals surface area contributed by atoms with Crippen LogP contribution in [-0.4, -0.2) is 23.4 Å². The van der Waals surface area contributed by atoms with Gasteiger partial charge in [0.15, 0.2) is 0 Å². The Bertz CT molecular complexity index is 293. The molecule has 0 saturated carbocycles. The lowest BCUT2D eigenvalue weighted by Gasteiger charge is -2.27. The summed E-state index contributed by atoms with van der Waals surface area (Å²) in [7, 11) is 2.02. The fourth-order valence-corrected chi connectivity index (χ4v) is 1.90. The van der Waals surface area contributed by atoms with Gasteiger partial charge in [0.25, 0.3) is 0 Å². The van der Waals surface area contributed by atoms with E-state index in [0.717, 1.165) is 19.5 Å². The Morgan fingerprint density at radius 1 is 1.47 bits per heavy atom. The molecule has 3 nitrogen and oxygen atoms in total. The number of nitrogens with zero attached hydrogens (tertiary/aromatic N) is 2. The zero-order valence-corrected chi connectivity index (χ0v) is 10.4. The van der Waals surface area contributed by atoms with Gasteiger partial charge in [-0.3, -0.25) is 4.68 Å². The summed E-state index contributed by atoms with van der Waals surface area (Å²) in [5.74, 6) is 0. The van der Waals surface area contributed by atoms with Crippen LogP contribution in [0.25, 0.3) is 0 Å². The first-order valence-corrected chi connectivity index (χ1v) is 5.79. The molecule has 1 atom stereocenters. The average molecular weight is 209 g/mol. The minimum absolute atomic E-state index is 0.344. The van der Waals surface area contributed by atoms with Crippen molar-refractivity contribution in [3.05, 3.63) is 18.0 Å². The fraction of sp³-hybridized carbons (Fsp3) is 0.750. The first kappa shape index (κ1) is 12.2. The van der Waals surface area contributed by atoms with E-state index in [-0.39, 0.29) is 0 Å². The topological polar surface area (TPSA) is 29.9 Å². The van der Waals surface area contributed by atoms with Gasteiger partial charge in [-0.1, -0.05) is 13.8 Å². The minimum Gasteiger partial charge on any atom is -0.319 e. The second-order valence-corrected chi connectivity index (χ2v) is 4.58. The molecule has 0 saturated heterocycles. The number of aryl methyl sites for hydroxylation is 1. The normalized spacial score (nSPS) is 15.2. The molecule has 0 fully saturated rings. The molecule has 1 unspecified atom stereocenters. The van der Waals surface area contributed by atoms with Crippen LogP contribution in [0.5, 0.6) is 0 Å². The summed E-state index contributed by atoms with van der Waals surface area (Å²) < 4.78 is 1.99. The number of hydrogen-bond donors (Lipinski definition) is 1. The van der Waals surface area contributed by atoms with E-state index in [0.29, 0.717) is 5.41 Å². The maximum Gasteiger partial charge on any atom is 0.0521 e. The molecular formula is C12H23N3. The van der Waals surface area contributed by atoms with Crippen molar-refractivity contribution in [2.45, 2.75) is 40.2 Å². The molecule has 0 aliphatic heterocycles. The molecule has 0 amide bonds. The molecule has 0 aliphatic carbocycles. The highest BCUT2D eigenvalue weighted by molar-refractivity contribution is 5.07. The van der Waals surface area contributed by atoms with Crippen LogP contribution in [0, 0.1) is 5.41 Å². The Morgan fingerprint density at radius 2 is 2.20 bits per heavy atom. The summed E-state index contributed by atoms with van der Waals surface area (Å²) in [6, 6.07) is 0. The second-order valence-electron chi connectivity index (χ2n) is 4.58. The fourth-order valence-electron chi connectivity index (χ4n) is 1.90. The summed E-state index contributed by atoms with van der Waals surface area (Å²) in [6.07, 6.45) is 6.44. The smallest absolute Gasteiger partial charge is 0.0521 e. The van der Waals surface area contributed by atoms with Gasteiger partial charge < -0.3 is 5.32 Å². The van der Waals surface area contributed by atoms with E-state index in [1.54, 1.807) is 0 Å². The lowest BCUT2D eigenvalue weighted by Crippen LogP contribution is -2.31. The summed E-state index contributed by atoms with van der Waals surface area (Å²) >= 11 is 0. The number of aromatic nitrogens is 2. The van der Waals surface area contributed by atoms with Crippen molar-refractivity contribution in [1.82, 2.24) is 15.1 Å². The molecule has 15 heavy (non-hydrogen) atoms. The Balaban J connectivity index is 2.65. The predicted molar refractivity (Wildman–Crippen MR) is 63.9 cm³/mol. The maximum absolute atomic E-state index is 4.31. The summed E-state index contributed by atoms with van der Waals surface area (Å²) in [6.45, 7) is 8.70. The van der Waals surface area contributed by atoms with E-state index in [4.69, 9.17) is 0 Å². The summed E-state index contributed by atoms with van der Waals surface area (Å²) in [5.41, 5.74) is 1.69. The molecule has 1 rings (SSSR count). The van der Waals surface area contributed by atoms with Gasteiger partial charge in [-0.15, -0.1) is 0 Å². The Morgan fingerprint density at radius 3 is 2.67 bits per heavy atom.